The van der Waals surface area contributed by atoms with Crippen LogP contribution in [0.5, 0.6) is 0 Å². The lowest BCUT2D eigenvalue weighted by atomic mass is 10.3. The maximum Gasteiger partial charge on any atom is 0.301 e. The zero-order valence-electron chi connectivity index (χ0n) is 7.68. The first-order valence-corrected chi connectivity index (χ1v) is 5.61. The van der Waals surface area contributed by atoms with Crippen molar-refractivity contribution in [3.05, 3.63) is 33.3 Å². The molecule has 15 heavy (non-hydrogen) atoms. The van der Waals surface area contributed by atoms with Gasteiger partial charge in [-0.2, -0.15) is 0 Å². The van der Waals surface area contributed by atoms with Gasteiger partial charge in [0.1, 0.15) is 5.02 Å². The number of nitro groups is 1. The minimum atomic E-state index is -0.440. The maximum absolute atomic E-state index is 10.8. The summed E-state index contributed by atoms with van der Waals surface area (Å²) in [4.78, 5) is 11.0. The molecule has 0 saturated carbocycles. The topological polar surface area (TPSA) is 52.4 Å². The molecule has 6 heteroatoms. The summed E-state index contributed by atoms with van der Waals surface area (Å²) in [7, 11) is 0. The molecule has 4 nitrogen and oxygen atoms in total. The van der Waals surface area contributed by atoms with E-state index < -0.39 is 4.92 Å². The first-order chi connectivity index (χ1) is 7.18. The predicted octanol–water partition coefficient (Wildman–Crippen LogP) is 2.74. The second kappa shape index (κ2) is 4.38. The highest BCUT2D eigenvalue weighted by Gasteiger charge is 2.25. The standard InChI is InChI=1S/C9H8ClNO3S/c10-7-2-1-3-8(9(7)11(12)13)15-6-4-14-5-6/h1-3,6H,4-5H2. The molecule has 0 aromatic heterocycles. The third-order valence-electron chi connectivity index (χ3n) is 2.03. The second-order valence-electron chi connectivity index (χ2n) is 3.12. The van der Waals surface area contributed by atoms with Crippen LogP contribution >= 0.6 is 23.4 Å². The smallest absolute Gasteiger partial charge is 0.301 e. The summed E-state index contributed by atoms with van der Waals surface area (Å²) in [5, 5.41) is 11.3. The quantitative estimate of drug-likeness (QED) is 0.607. The molecule has 0 atom stereocenters. The number of thioether (sulfide) groups is 1. The number of benzene rings is 1. The molecule has 1 saturated heterocycles. The van der Waals surface area contributed by atoms with Crippen molar-refractivity contribution in [3.8, 4) is 0 Å². The van der Waals surface area contributed by atoms with Crippen molar-refractivity contribution in [2.24, 2.45) is 0 Å². The van der Waals surface area contributed by atoms with E-state index >= 15 is 0 Å². The Morgan fingerprint density at radius 2 is 2.27 bits per heavy atom. The predicted molar refractivity (Wildman–Crippen MR) is 58.6 cm³/mol. The minimum Gasteiger partial charge on any atom is -0.379 e. The first kappa shape index (κ1) is 10.7. The molecule has 0 N–H and O–H groups in total. The number of rotatable bonds is 3. The van der Waals surface area contributed by atoms with Crippen molar-refractivity contribution < 1.29 is 9.66 Å². The van der Waals surface area contributed by atoms with E-state index in [0.29, 0.717) is 23.4 Å². The van der Waals surface area contributed by atoms with Crippen LogP contribution in [0, 0.1) is 10.1 Å². The van der Waals surface area contributed by atoms with Crippen molar-refractivity contribution >= 4 is 29.1 Å². The molecule has 0 bridgehead atoms. The van der Waals surface area contributed by atoms with Crippen molar-refractivity contribution in [2.45, 2.75) is 10.1 Å². The molecule has 0 radical (unpaired) electrons. The number of nitrogens with zero attached hydrogens (tertiary/aromatic N) is 1. The lowest BCUT2D eigenvalue weighted by Gasteiger charge is -2.24. The van der Waals surface area contributed by atoms with Crippen molar-refractivity contribution in [1.29, 1.82) is 0 Å². The first-order valence-electron chi connectivity index (χ1n) is 4.36. The Morgan fingerprint density at radius 3 is 2.80 bits per heavy atom. The fraction of sp³-hybridized carbons (Fsp3) is 0.333. The Morgan fingerprint density at radius 1 is 1.53 bits per heavy atom. The molecule has 1 fully saturated rings. The van der Waals surface area contributed by atoms with Gasteiger partial charge in [-0.1, -0.05) is 17.7 Å². The molecule has 0 spiro atoms. The number of hydrogen-bond acceptors (Lipinski definition) is 4. The van der Waals surface area contributed by atoms with E-state index in [1.54, 1.807) is 12.1 Å². The van der Waals surface area contributed by atoms with Gasteiger partial charge < -0.3 is 4.74 Å². The number of halogens is 1. The van der Waals surface area contributed by atoms with E-state index in [9.17, 15) is 10.1 Å². The van der Waals surface area contributed by atoms with Gasteiger partial charge in [0.25, 0.3) is 0 Å². The molecule has 1 aromatic rings. The van der Waals surface area contributed by atoms with E-state index in [2.05, 4.69) is 0 Å². The highest BCUT2D eigenvalue weighted by molar-refractivity contribution is 8.00. The van der Waals surface area contributed by atoms with Crippen LogP contribution in [-0.2, 0) is 4.74 Å². The fourth-order valence-electron chi connectivity index (χ4n) is 1.23. The zero-order valence-corrected chi connectivity index (χ0v) is 9.25. The Labute approximate surface area is 95.7 Å². The second-order valence-corrected chi connectivity index (χ2v) is 4.87. The number of ether oxygens (including phenoxy) is 1. The van der Waals surface area contributed by atoms with Crippen molar-refractivity contribution in [3.63, 3.8) is 0 Å². The number of hydrogen-bond donors (Lipinski definition) is 0. The molecule has 0 unspecified atom stereocenters. The Kier molecular flexibility index (Phi) is 3.14. The highest BCUT2D eigenvalue weighted by atomic mass is 35.5. The van der Waals surface area contributed by atoms with Crippen LogP contribution in [0.4, 0.5) is 5.69 Å². The van der Waals surface area contributed by atoms with Crippen LogP contribution in [0.15, 0.2) is 23.1 Å². The maximum atomic E-state index is 10.8. The Hall–Kier alpha value is -0.780. The van der Waals surface area contributed by atoms with Crippen molar-refractivity contribution in [1.82, 2.24) is 0 Å². The lowest BCUT2D eigenvalue weighted by molar-refractivity contribution is -0.387. The van der Waals surface area contributed by atoms with Gasteiger partial charge in [0, 0.05) is 0 Å². The highest BCUT2D eigenvalue weighted by Crippen LogP contribution is 2.38. The van der Waals surface area contributed by atoms with Crippen LogP contribution in [0.2, 0.25) is 5.02 Å². The molecule has 1 aliphatic rings. The minimum absolute atomic E-state index is 0.00364. The van der Waals surface area contributed by atoms with Crippen LogP contribution in [-0.4, -0.2) is 23.4 Å². The molecule has 0 amide bonds. The Bertz CT molecular complexity index is 395. The summed E-state index contributed by atoms with van der Waals surface area (Å²) in [6.45, 7) is 1.29. The molecular formula is C9H8ClNO3S. The average molecular weight is 246 g/mol. The zero-order chi connectivity index (χ0) is 10.8. The van der Waals surface area contributed by atoms with Gasteiger partial charge in [-0.3, -0.25) is 10.1 Å². The van der Waals surface area contributed by atoms with E-state index in [4.69, 9.17) is 16.3 Å². The molecule has 80 valence electrons. The summed E-state index contributed by atoms with van der Waals surface area (Å²) in [6.07, 6.45) is 0. The SMILES string of the molecule is O=[N+]([O-])c1c(Cl)cccc1SC1COC1. The molecule has 2 rings (SSSR count). The van der Waals surface area contributed by atoms with Gasteiger partial charge in [-0.25, -0.2) is 0 Å². The van der Waals surface area contributed by atoms with E-state index in [1.807, 2.05) is 0 Å². The Balaban J connectivity index is 2.27. The lowest BCUT2D eigenvalue weighted by Crippen LogP contribution is -2.30. The van der Waals surface area contributed by atoms with E-state index in [1.165, 1.54) is 17.8 Å². The van der Waals surface area contributed by atoms with Gasteiger partial charge in [0.2, 0.25) is 0 Å². The molecule has 1 aromatic carbocycles. The summed E-state index contributed by atoms with van der Waals surface area (Å²) in [5.41, 5.74) is -0.00364. The molecular weight excluding hydrogens is 238 g/mol. The van der Waals surface area contributed by atoms with E-state index in [-0.39, 0.29) is 10.7 Å². The number of nitro benzene ring substituents is 1. The van der Waals surface area contributed by atoms with Crippen LogP contribution in [0.1, 0.15) is 0 Å². The van der Waals surface area contributed by atoms with Gasteiger partial charge in [-0.05, 0) is 12.1 Å². The van der Waals surface area contributed by atoms with Gasteiger partial charge in [0.15, 0.2) is 0 Å². The van der Waals surface area contributed by atoms with E-state index in [0.717, 1.165) is 0 Å². The van der Waals surface area contributed by atoms with Gasteiger partial charge in [0.05, 0.1) is 28.3 Å². The number of para-hydroxylation sites is 1. The summed E-state index contributed by atoms with van der Waals surface area (Å²) < 4.78 is 5.01. The molecule has 1 aliphatic heterocycles. The summed E-state index contributed by atoms with van der Waals surface area (Å²) in [5.74, 6) is 0. The van der Waals surface area contributed by atoms with Crippen LogP contribution < -0.4 is 0 Å². The van der Waals surface area contributed by atoms with Crippen LogP contribution in [0.3, 0.4) is 0 Å². The summed E-state index contributed by atoms with van der Waals surface area (Å²) >= 11 is 7.23. The third-order valence-corrected chi connectivity index (χ3v) is 3.53. The third kappa shape index (κ3) is 2.25. The molecule has 0 aliphatic carbocycles. The fourth-order valence-corrected chi connectivity index (χ4v) is 2.67. The van der Waals surface area contributed by atoms with Gasteiger partial charge in [-0.15, -0.1) is 11.8 Å². The van der Waals surface area contributed by atoms with Gasteiger partial charge >= 0.3 is 5.69 Å². The van der Waals surface area contributed by atoms with Crippen LogP contribution in [0.25, 0.3) is 0 Å². The summed E-state index contributed by atoms with van der Waals surface area (Å²) in [6, 6.07) is 4.96. The molecule has 1 heterocycles. The normalized spacial score (nSPS) is 16.1. The largest absolute Gasteiger partial charge is 0.379 e. The monoisotopic (exact) mass is 245 g/mol. The van der Waals surface area contributed by atoms with Crippen molar-refractivity contribution in [2.75, 3.05) is 13.2 Å². The average Bonchev–Trinajstić information content (AvgIpc) is 2.10.